The van der Waals surface area contributed by atoms with E-state index in [0.29, 0.717) is 13.2 Å². The number of hydrogen-bond acceptors (Lipinski definition) is 5. The molecule has 3 aliphatic rings. The number of carbonyl (C=O) groups is 1. The molecule has 2 atom stereocenters. The van der Waals surface area contributed by atoms with Crippen molar-refractivity contribution in [3.63, 3.8) is 0 Å². The minimum absolute atomic E-state index is 0.0274. The number of para-hydroxylation sites is 1. The number of ether oxygens (including phenoxy) is 1. The molecular formula is C26H29N5O2. The second-order valence-corrected chi connectivity index (χ2v) is 9.32. The van der Waals surface area contributed by atoms with Crippen LogP contribution in [0.25, 0.3) is 0 Å². The fourth-order valence-electron chi connectivity index (χ4n) is 6.01. The number of carbonyl (C=O) groups excluding carboxylic acids is 1. The minimum Gasteiger partial charge on any atom is -0.494 e. The van der Waals surface area contributed by atoms with Gasteiger partial charge in [0, 0.05) is 25.2 Å². The molecule has 3 aliphatic heterocycles. The van der Waals surface area contributed by atoms with E-state index in [1.54, 1.807) is 0 Å². The number of aryl methyl sites for hydroxylation is 1. The second kappa shape index (κ2) is 7.99. The van der Waals surface area contributed by atoms with E-state index in [0.717, 1.165) is 67.2 Å². The zero-order valence-electron chi connectivity index (χ0n) is 19.0. The third-order valence-corrected chi connectivity index (χ3v) is 7.32. The molecule has 7 nitrogen and oxygen atoms in total. The fraction of sp³-hybridized carbons (Fsp3) is 0.423. The summed E-state index contributed by atoms with van der Waals surface area (Å²) in [4.78, 5) is 18.8. The van der Waals surface area contributed by atoms with E-state index in [1.807, 2.05) is 27.9 Å². The third-order valence-electron chi connectivity index (χ3n) is 7.32. The molecule has 6 rings (SSSR count). The minimum atomic E-state index is -0.611. The van der Waals surface area contributed by atoms with Gasteiger partial charge in [0.1, 0.15) is 11.4 Å². The summed E-state index contributed by atoms with van der Waals surface area (Å²) in [5.74, 6) is 1.03. The van der Waals surface area contributed by atoms with Gasteiger partial charge >= 0.3 is 0 Å². The molecule has 0 unspecified atom stereocenters. The molecule has 170 valence electrons. The van der Waals surface area contributed by atoms with Crippen LogP contribution in [0.5, 0.6) is 5.75 Å². The summed E-state index contributed by atoms with van der Waals surface area (Å²) in [6.45, 7) is 5.84. The summed E-state index contributed by atoms with van der Waals surface area (Å²) in [6.07, 6.45) is 4.65. The number of anilines is 1. The number of rotatable bonds is 2. The van der Waals surface area contributed by atoms with Gasteiger partial charge in [-0.3, -0.25) is 14.4 Å². The number of amides is 1. The van der Waals surface area contributed by atoms with Gasteiger partial charge in [-0.05, 0) is 48.7 Å². The van der Waals surface area contributed by atoms with Crippen molar-refractivity contribution in [3.8, 4) is 5.75 Å². The van der Waals surface area contributed by atoms with Crippen LogP contribution in [0.4, 0.5) is 5.69 Å². The van der Waals surface area contributed by atoms with Gasteiger partial charge in [-0.25, -0.2) is 0 Å². The molecule has 1 fully saturated rings. The highest BCUT2D eigenvalue weighted by Crippen LogP contribution is 2.57. The van der Waals surface area contributed by atoms with Crippen LogP contribution in [0.2, 0.25) is 0 Å². The summed E-state index contributed by atoms with van der Waals surface area (Å²) in [5, 5.41) is 8.65. The summed E-state index contributed by atoms with van der Waals surface area (Å²) in [5.41, 5.74) is 3.49. The zero-order valence-corrected chi connectivity index (χ0v) is 19.0. The van der Waals surface area contributed by atoms with Crippen molar-refractivity contribution >= 4 is 11.6 Å². The molecule has 2 aromatic carbocycles. The molecule has 6 bridgehead atoms. The lowest BCUT2D eigenvalue weighted by molar-refractivity contribution is -0.124. The molecule has 4 heterocycles. The van der Waals surface area contributed by atoms with Crippen LogP contribution in [0.15, 0.2) is 54.7 Å². The molecule has 1 amide bonds. The summed E-state index contributed by atoms with van der Waals surface area (Å²) >= 11 is 0. The predicted octanol–water partition coefficient (Wildman–Crippen LogP) is 3.70. The predicted molar refractivity (Wildman–Crippen MR) is 125 cm³/mol. The number of benzene rings is 2. The summed E-state index contributed by atoms with van der Waals surface area (Å²) < 4.78 is 7.96. The van der Waals surface area contributed by atoms with Gasteiger partial charge in [0.25, 0.3) is 0 Å². The Morgan fingerprint density at radius 2 is 2.06 bits per heavy atom. The quantitative estimate of drug-likeness (QED) is 0.604. The van der Waals surface area contributed by atoms with Crippen LogP contribution in [-0.2, 0) is 23.3 Å². The maximum Gasteiger partial charge on any atom is 0.240 e. The van der Waals surface area contributed by atoms with E-state index < -0.39 is 5.41 Å². The first-order valence-corrected chi connectivity index (χ1v) is 12.0. The van der Waals surface area contributed by atoms with Gasteiger partial charge in [0.2, 0.25) is 5.91 Å². The number of aromatic nitrogens is 3. The maximum absolute atomic E-state index is 14.4. The first kappa shape index (κ1) is 20.4. The Morgan fingerprint density at radius 1 is 1.15 bits per heavy atom. The normalized spacial score (nSPS) is 24.6. The molecule has 0 N–H and O–H groups in total. The first-order chi connectivity index (χ1) is 16.2. The van der Waals surface area contributed by atoms with Crippen molar-refractivity contribution in [1.82, 2.24) is 19.9 Å². The average molecular weight is 444 g/mol. The number of fused-ring (bicyclic) bond motifs is 8. The zero-order chi connectivity index (χ0) is 22.4. The molecule has 7 heteroatoms. The molecule has 0 saturated carbocycles. The van der Waals surface area contributed by atoms with Gasteiger partial charge in [0.15, 0.2) is 0 Å². The fourth-order valence-corrected chi connectivity index (χ4v) is 6.01. The molecule has 0 radical (unpaired) electrons. The Morgan fingerprint density at radius 3 is 2.97 bits per heavy atom. The third kappa shape index (κ3) is 3.17. The van der Waals surface area contributed by atoms with Crippen molar-refractivity contribution < 1.29 is 9.53 Å². The SMILES string of the molecule is CCCN1CC[C@]23C(=O)N(Cc4cn(nn4)CCCOc4cccc(c4)[C@H]12)c1ccccc13. The van der Waals surface area contributed by atoms with E-state index in [2.05, 4.69) is 58.5 Å². The number of nitrogens with zero attached hydrogens (tertiary/aromatic N) is 5. The van der Waals surface area contributed by atoms with Gasteiger partial charge in [-0.15, -0.1) is 5.10 Å². The molecule has 33 heavy (non-hydrogen) atoms. The number of hydrogen-bond donors (Lipinski definition) is 0. The van der Waals surface area contributed by atoms with Crippen molar-refractivity contribution in [2.75, 3.05) is 24.6 Å². The van der Waals surface area contributed by atoms with Gasteiger partial charge in [0.05, 0.1) is 30.8 Å². The molecule has 1 saturated heterocycles. The topological polar surface area (TPSA) is 63.5 Å². The smallest absolute Gasteiger partial charge is 0.240 e. The lowest BCUT2D eigenvalue weighted by Gasteiger charge is -2.35. The van der Waals surface area contributed by atoms with Crippen LogP contribution >= 0.6 is 0 Å². The summed E-state index contributed by atoms with van der Waals surface area (Å²) in [7, 11) is 0. The Bertz CT molecular complexity index is 1190. The Balaban J connectivity index is 1.55. The highest BCUT2D eigenvalue weighted by molar-refractivity contribution is 6.09. The lowest BCUT2D eigenvalue weighted by atomic mass is 9.72. The average Bonchev–Trinajstić information content (AvgIpc) is 3.50. The van der Waals surface area contributed by atoms with Crippen molar-refractivity contribution in [2.24, 2.45) is 0 Å². The van der Waals surface area contributed by atoms with Gasteiger partial charge < -0.3 is 9.64 Å². The molecule has 1 aromatic heterocycles. The van der Waals surface area contributed by atoms with Crippen LogP contribution in [0.3, 0.4) is 0 Å². The summed E-state index contributed by atoms with van der Waals surface area (Å²) in [6, 6.07) is 16.7. The largest absolute Gasteiger partial charge is 0.494 e. The standard InChI is InChI=1S/C26H29N5O2/c1-2-12-29-14-11-26-22-9-3-4-10-23(22)31(25(26)32)18-20-17-30(28-27-20)13-6-15-33-21-8-5-7-19(16-21)24(26)29/h3-5,7-10,16-17,24H,2,6,11-15,18H2,1H3/t24-,26+/m0/s1. The van der Waals surface area contributed by atoms with E-state index in [4.69, 9.17) is 4.74 Å². The van der Waals surface area contributed by atoms with E-state index >= 15 is 0 Å². The van der Waals surface area contributed by atoms with Crippen LogP contribution in [0.1, 0.15) is 49.0 Å². The highest BCUT2D eigenvalue weighted by Gasteiger charge is 2.60. The lowest BCUT2D eigenvalue weighted by Crippen LogP contribution is -2.44. The molecule has 3 aromatic rings. The monoisotopic (exact) mass is 443 g/mol. The van der Waals surface area contributed by atoms with E-state index in [-0.39, 0.29) is 11.9 Å². The Kier molecular flexibility index (Phi) is 4.94. The van der Waals surface area contributed by atoms with Gasteiger partial charge in [-0.2, -0.15) is 0 Å². The Hall–Kier alpha value is -3.19. The van der Waals surface area contributed by atoms with Crippen molar-refractivity contribution in [1.29, 1.82) is 0 Å². The molecular weight excluding hydrogens is 414 g/mol. The van der Waals surface area contributed by atoms with E-state index in [1.165, 1.54) is 0 Å². The van der Waals surface area contributed by atoms with Crippen molar-refractivity contribution in [3.05, 3.63) is 71.5 Å². The van der Waals surface area contributed by atoms with E-state index in [9.17, 15) is 4.79 Å². The molecule has 1 spiro atoms. The Labute approximate surface area is 193 Å². The van der Waals surface area contributed by atoms with Gasteiger partial charge in [-0.1, -0.05) is 42.5 Å². The van der Waals surface area contributed by atoms with Crippen LogP contribution in [0, 0.1) is 0 Å². The van der Waals surface area contributed by atoms with Crippen LogP contribution in [-0.4, -0.2) is 45.5 Å². The second-order valence-electron chi connectivity index (χ2n) is 9.32. The maximum atomic E-state index is 14.4. The van der Waals surface area contributed by atoms with Crippen LogP contribution < -0.4 is 9.64 Å². The number of likely N-dealkylation sites (tertiary alicyclic amines) is 1. The molecule has 0 aliphatic carbocycles. The first-order valence-electron chi connectivity index (χ1n) is 12.0. The van der Waals surface area contributed by atoms with Crippen molar-refractivity contribution in [2.45, 2.75) is 50.7 Å². The highest BCUT2D eigenvalue weighted by atomic mass is 16.5.